The molecule has 0 atom stereocenters. The van der Waals surface area contributed by atoms with Gasteiger partial charge in [-0.2, -0.15) is 0 Å². The minimum Gasteiger partial charge on any atom is -0.0687 e. The van der Waals surface area contributed by atoms with E-state index in [0.717, 1.165) is 0 Å². The zero-order chi connectivity index (χ0) is 18.0. The molecule has 0 radical (unpaired) electrons. The largest absolute Gasteiger partial charge is 0.241 e. The summed E-state index contributed by atoms with van der Waals surface area (Å²) in [4.78, 5) is 0. The van der Waals surface area contributed by atoms with E-state index in [9.17, 15) is 0 Å². The number of rotatable bonds is 3. The molecule has 0 amide bonds. The van der Waals surface area contributed by atoms with Gasteiger partial charge in [-0.25, -0.2) is 0 Å². The molecule has 0 spiro atoms. The molecular formula is C25H23B. The molecule has 0 aliphatic carbocycles. The van der Waals surface area contributed by atoms with Crippen LogP contribution in [0.1, 0.15) is 5.56 Å². The van der Waals surface area contributed by atoms with Gasteiger partial charge in [0.05, 0.1) is 0 Å². The quantitative estimate of drug-likeness (QED) is 0.493. The minimum absolute atomic E-state index is 0.309. The van der Waals surface area contributed by atoms with E-state index >= 15 is 0 Å². The summed E-state index contributed by atoms with van der Waals surface area (Å²) in [7, 11) is 0. The summed E-state index contributed by atoms with van der Waals surface area (Å²) in [5.41, 5.74) is 5.32. The van der Waals surface area contributed by atoms with Crippen LogP contribution < -0.4 is 16.4 Å². The van der Waals surface area contributed by atoms with Gasteiger partial charge in [0.2, 0.25) is 6.71 Å². The van der Waals surface area contributed by atoms with Gasteiger partial charge < -0.3 is 0 Å². The maximum Gasteiger partial charge on any atom is 0.241 e. The number of hydrogen-bond donors (Lipinski definition) is 0. The summed E-state index contributed by atoms with van der Waals surface area (Å²) in [5.74, 6) is 0. The van der Waals surface area contributed by atoms with Gasteiger partial charge in [-0.05, 0) is 6.92 Å². The minimum atomic E-state index is 0.309. The Labute approximate surface area is 157 Å². The topological polar surface area (TPSA) is 0 Å². The molecule has 4 aromatic rings. The number of benzene rings is 4. The number of aryl methyl sites for hydroxylation is 1. The lowest BCUT2D eigenvalue weighted by Gasteiger charge is -2.15. The van der Waals surface area contributed by atoms with Crippen molar-refractivity contribution in [3.63, 3.8) is 0 Å². The summed E-state index contributed by atoms with van der Waals surface area (Å²) in [6.45, 7) is 2.39. The number of hydrogen-bond acceptors (Lipinski definition) is 0. The van der Waals surface area contributed by atoms with Gasteiger partial charge in [-0.3, -0.25) is 0 Å². The van der Waals surface area contributed by atoms with Crippen LogP contribution >= 0.6 is 0 Å². The van der Waals surface area contributed by atoms with Crippen LogP contribution in [-0.2, 0) is 0 Å². The Morgan fingerprint density at radius 1 is 0.385 bits per heavy atom. The first kappa shape index (κ1) is 17.8. The van der Waals surface area contributed by atoms with Gasteiger partial charge in [-0.1, -0.05) is 143 Å². The molecule has 0 nitrogen and oxygen atoms in total. The molecule has 0 heterocycles. The van der Waals surface area contributed by atoms with Crippen molar-refractivity contribution in [1.82, 2.24) is 0 Å². The molecule has 0 bridgehead atoms. The molecule has 126 valence electrons. The van der Waals surface area contributed by atoms with Crippen molar-refractivity contribution in [2.45, 2.75) is 6.92 Å². The Balaban J connectivity index is 0.000000236. The van der Waals surface area contributed by atoms with Crippen LogP contribution in [0.3, 0.4) is 0 Å². The molecule has 0 fully saturated rings. The second-order valence-corrected chi connectivity index (χ2v) is 6.32. The average molecular weight is 334 g/mol. The highest BCUT2D eigenvalue weighted by molar-refractivity contribution is 6.95. The lowest BCUT2D eigenvalue weighted by atomic mass is 9.37. The molecule has 0 aliphatic rings. The highest BCUT2D eigenvalue weighted by atomic mass is 13.9. The molecule has 0 saturated heterocycles. The Bertz CT molecular complexity index is 778. The molecule has 0 saturated carbocycles. The standard InChI is InChI=1S/C18H15B.C7H8/c1-4-10-16(11-5-1)19(17-12-6-2-7-13-17)18-14-8-3-9-15-18;1-7-5-3-2-4-6-7/h1-15H;2-6H,1H3. The predicted molar refractivity (Wildman–Crippen MR) is 115 cm³/mol. The highest BCUT2D eigenvalue weighted by Gasteiger charge is 2.20. The Kier molecular flexibility index (Phi) is 6.44. The van der Waals surface area contributed by atoms with Crippen molar-refractivity contribution in [2.24, 2.45) is 0 Å². The van der Waals surface area contributed by atoms with Gasteiger partial charge in [-0.15, -0.1) is 0 Å². The van der Waals surface area contributed by atoms with Gasteiger partial charge in [0, 0.05) is 0 Å². The normalized spacial score (nSPS) is 9.73. The van der Waals surface area contributed by atoms with Crippen molar-refractivity contribution in [2.75, 3.05) is 0 Å². The Morgan fingerprint density at radius 2 is 0.654 bits per heavy atom. The van der Waals surface area contributed by atoms with E-state index in [0.29, 0.717) is 6.71 Å². The molecule has 26 heavy (non-hydrogen) atoms. The van der Waals surface area contributed by atoms with Crippen molar-refractivity contribution < 1.29 is 0 Å². The zero-order valence-corrected chi connectivity index (χ0v) is 15.1. The maximum atomic E-state index is 2.20. The Hall–Kier alpha value is -3.06. The summed E-state index contributed by atoms with van der Waals surface area (Å²) in [6, 6.07) is 42.3. The molecule has 0 unspecified atom stereocenters. The summed E-state index contributed by atoms with van der Waals surface area (Å²) < 4.78 is 0. The smallest absolute Gasteiger partial charge is 0.0687 e. The van der Waals surface area contributed by atoms with Gasteiger partial charge in [0.1, 0.15) is 0 Å². The molecule has 4 rings (SSSR count). The first-order valence-corrected chi connectivity index (χ1v) is 9.01. The molecule has 4 aromatic carbocycles. The molecular weight excluding hydrogens is 311 g/mol. The first-order chi connectivity index (χ1) is 12.8. The third-order valence-corrected chi connectivity index (χ3v) is 4.34. The van der Waals surface area contributed by atoms with E-state index in [1.807, 2.05) is 18.2 Å². The maximum absolute atomic E-state index is 2.20. The van der Waals surface area contributed by atoms with Gasteiger partial charge in [0.15, 0.2) is 0 Å². The van der Waals surface area contributed by atoms with E-state index in [1.165, 1.54) is 22.0 Å². The average Bonchev–Trinajstić information content (AvgIpc) is 2.72. The Morgan fingerprint density at radius 3 is 0.885 bits per heavy atom. The lowest BCUT2D eigenvalue weighted by Crippen LogP contribution is -2.51. The van der Waals surface area contributed by atoms with Crippen LogP contribution in [-0.4, -0.2) is 6.71 Å². The fraction of sp³-hybridized carbons (Fsp3) is 0.0400. The molecule has 1 heteroatoms. The zero-order valence-electron chi connectivity index (χ0n) is 15.1. The first-order valence-electron chi connectivity index (χ1n) is 9.01. The van der Waals surface area contributed by atoms with Crippen LogP contribution in [0.5, 0.6) is 0 Å². The third-order valence-electron chi connectivity index (χ3n) is 4.34. The lowest BCUT2D eigenvalue weighted by molar-refractivity contribution is 1.48. The highest BCUT2D eigenvalue weighted by Crippen LogP contribution is 1.95. The summed E-state index contributed by atoms with van der Waals surface area (Å²) in [5, 5.41) is 0. The predicted octanol–water partition coefficient (Wildman–Crippen LogP) is 4.20. The second-order valence-electron chi connectivity index (χ2n) is 6.32. The van der Waals surface area contributed by atoms with E-state index < -0.39 is 0 Å². The van der Waals surface area contributed by atoms with Crippen LogP contribution in [0.4, 0.5) is 0 Å². The summed E-state index contributed by atoms with van der Waals surface area (Å²) >= 11 is 0. The monoisotopic (exact) mass is 334 g/mol. The van der Waals surface area contributed by atoms with E-state index in [4.69, 9.17) is 0 Å². The fourth-order valence-corrected chi connectivity index (χ4v) is 3.05. The SMILES string of the molecule is Cc1ccccc1.c1ccc(B(c2ccccc2)c2ccccc2)cc1. The van der Waals surface area contributed by atoms with Crippen LogP contribution in [0.15, 0.2) is 121 Å². The summed E-state index contributed by atoms with van der Waals surface area (Å²) in [6.07, 6.45) is 0. The van der Waals surface area contributed by atoms with Gasteiger partial charge >= 0.3 is 0 Å². The fourth-order valence-electron chi connectivity index (χ4n) is 3.05. The van der Waals surface area contributed by atoms with Crippen molar-refractivity contribution >= 4 is 23.1 Å². The van der Waals surface area contributed by atoms with E-state index in [1.54, 1.807) is 0 Å². The molecule has 0 aromatic heterocycles. The van der Waals surface area contributed by atoms with Crippen molar-refractivity contribution in [1.29, 1.82) is 0 Å². The van der Waals surface area contributed by atoms with E-state index in [2.05, 4.69) is 110 Å². The van der Waals surface area contributed by atoms with Gasteiger partial charge in [0.25, 0.3) is 0 Å². The van der Waals surface area contributed by atoms with E-state index in [-0.39, 0.29) is 0 Å². The van der Waals surface area contributed by atoms with Crippen LogP contribution in [0, 0.1) is 6.92 Å². The molecule has 0 N–H and O–H groups in total. The van der Waals surface area contributed by atoms with Crippen molar-refractivity contribution in [3.05, 3.63) is 127 Å². The van der Waals surface area contributed by atoms with Crippen LogP contribution in [0.25, 0.3) is 0 Å². The second kappa shape index (κ2) is 9.43. The van der Waals surface area contributed by atoms with Crippen LogP contribution in [0.2, 0.25) is 0 Å². The third kappa shape index (κ3) is 4.97. The van der Waals surface area contributed by atoms with Crippen molar-refractivity contribution in [3.8, 4) is 0 Å². The molecule has 0 aliphatic heterocycles.